The molecule has 0 bridgehead atoms. The molecule has 1 saturated heterocycles. The minimum Gasteiger partial charge on any atom is -0.361 e. The molecule has 0 atom stereocenters. The SMILES string of the molecule is CN(C)S(=O)(=O)N1CCC(c2cc(Cl)cc3[nH]ccc23)CC1. The van der Waals surface area contributed by atoms with E-state index < -0.39 is 10.2 Å². The first-order valence-electron chi connectivity index (χ1n) is 7.33. The molecular weight excluding hydrogens is 322 g/mol. The lowest BCUT2D eigenvalue weighted by Crippen LogP contribution is -2.44. The highest BCUT2D eigenvalue weighted by molar-refractivity contribution is 7.86. The molecule has 1 aliphatic rings. The van der Waals surface area contributed by atoms with Gasteiger partial charge in [0.05, 0.1) is 0 Å². The number of aromatic nitrogens is 1. The van der Waals surface area contributed by atoms with Crippen LogP contribution >= 0.6 is 11.6 Å². The normalized spacial score (nSPS) is 18.4. The minimum absolute atomic E-state index is 0.339. The van der Waals surface area contributed by atoms with Crippen LogP contribution < -0.4 is 0 Å². The lowest BCUT2D eigenvalue weighted by atomic mass is 9.88. The lowest BCUT2D eigenvalue weighted by molar-refractivity contribution is 0.303. The number of halogens is 1. The van der Waals surface area contributed by atoms with Crippen LogP contribution in [0.1, 0.15) is 24.3 Å². The maximum atomic E-state index is 12.2. The number of fused-ring (bicyclic) bond motifs is 1. The van der Waals surface area contributed by atoms with Gasteiger partial charge in [0.2, 0.25) is 0 Å². The Kier molecular flexibility index (Phi) is 4.20. The van der Waals surface area contributed by atoms with Crippen molar-refractivity contribution in [3.63, 3.8) is 0 Å². The third-order valence-corrected chi connectivity index (χ3v) is 6.51. The van der Waals surface area contributed by atoms with Crippen molar-refractivity contribution in [2.24, 2.45) is 0 Å². The van der Waals surface area contributed by atoms with E-state index in [-0.39, 0.29) is 0 Å². The van der Waals surface area contributed by atoms with E-state index in [1.54, 1.807) is 18.4 Å². The van der Waals surface area contributed by atoms with Crippen LogP contribution in [0.4, 0.5) is 0 Å². The van der Waals surface area contributed by atoms with Crippen molar-refractivity contribution in [3.05, 3.63) is 35.0 Å². The lowest BCUT2D eigenvalue weighted by Gasteiger charge is -2.33. The second-order valence-corrected chi connectivity index (χ2v) is 8.48. The van der Waals surface area contributed by atoms with Gasteiger partial charge in [-0.2, -0.15) is 17.0 Å². The van der Waals surface area contributed by atoms with E-state index in [0.717, 1.165) is 18.4 Å². The minimum atomic E-state index is -3.31. The average Bonchev–Trinajstić information content (AvgIpc) is 2.94. The molecule has 120 valence electrons. The maximum absolute atomic E-state index is 12.2. The monoisotopic (exact) mass is 341 g/mol. The van der Waals surface area contributed by atoms with Gasteiger partial charge in [0.1, 0.15) is 0 Å². The summed E-state index contributed by atoms with van der Waals surface area (Å²) in [6, 6.07) is 5.99. The van der Waals surface area contributed by atoms with Gasteiger partial charge in [0.15, 0.2) is 0 Å². The quantitative estimate of drug-likeness (QED) is 0.933. The fraction of sp³-hybridized carbons (Fsp3) is 0.467. The Morgan fingerprint density at radius 1 is 1.27 bits per heavy atom. The summed E-state index contributed by atoms with van der Waals surface area (Å²) in [5.74, 6) is 0.339. The summed E-state index contributed by atoms with van der Waals surface area (Å²) in [5.41, 5.74) is 2.25. The van der Waals surface area contributed by atoms with E-state index >= 15 is 0 Å². The number of hydrogen-bond acceptors (Lipinski definition) is 2. The molecule has 1 N–H and O–H groups in total. The molecule has 1 aliphatic heterocycles. The van der Waals surface area contributed by atoms with Gasteiger partial charge in [0.25, 0.3) is 10.2 Å². The third kappa shape index (κ3) is 2.76. The van der Waals surface area contributed by atoms with Crippen LogP contribution in [0, 0.1) is 0 Å². The fourth-order valence-electron chi connectivity index (χ4n) is 3.13. The molecule has 1 aromatic carbocycles. The largest absolute Gasteiger partial charge is 0.361 e. The van der Waals surface area contributed by atoms with E-state index in [2.05, 4.69) is 11.1 Å². The highest BCUT2D eigenvalue weighted by Crippen LogP contribution is 2.35. The maximum Gasteiger partial charge on any atom is 0.281 e. The standard InChI is InChI=1S/C15H20ClN3O2S/c1-18(2)22(20,21)19-7-4-11(5-8-19)14-9-12(16)10-15-13(14)3-6-17-15/h3,6,9-11,17H,4-5,7-8H2,1-2H3. The highest BCUT2D eigenvalue weighted by Gasteiger charge is 2.30. The zero-order valence-electron chi connectivity index (χ0n) is 12.7. The van der Waals surface area contributed by atoms with Gasteiger partial charge in [-0.15, -0.1) is 0 Å². The highest BCUT2D eigenvalue weighted by atomic mass is 35.5. The number of nitrogens with zero attached hydrogens (tertiary/aromatic N) is 2. The first kappa shape index (κ1) is 15.8. The van der Waals surface area contributed by atoms with Gasteiger partial charge in [-0.1, -0.05) is 11.6 Å². The number of rotatable bonds is 3. The van der Waals surface area contributed by atoms with Crippen molar-refractivity contribution in [3.8, 4) is 0 Å². The van der Waals surface area contributed by atoms with Gasteiger partial charge in [0, 0.05) is 49.3 Å². The van der Waals surface area contributed by atoms with Gasteiger partial charge in [-0.3, -0.25) is 0 Å². The van der Waals surface area contributed by atoms with Crippen molar-refractivity contribution in [2.75, 3.05) is 27.2 Å². The summed E-state index contributed by atoms with van der Waals surface area (Å²) < 4.78 is 27.2. The molecule has 0 radical (unpaired) electrons. The third-order valence-electron chi connectivity index (χ3n) is 4.35. The molecule has 1 aromatic heterocycles. The predicted molar refractivity (Wildman–Crippen MR) is 89.5 cm³/mol. The van der Waals surface area contributed by atoms with E-state index in [1.165, 1.54) is 15.3 Å². The van der Waals surface area contributed by atoms with Crippen molar-refractivity contribution >= 4 is 32.7 Å². The van der Waals surface area contributed by atoms with Gasteiger partial charge in [-0.05, 0) is 42.5 Å². The number of nitrogens with one attached hydrogen (secondary N) is 1. The Labute approximate surface area is 136 Å². The Hall–Kier alpha value is -1.08. The van der Waals surface area contributed by atoms with Gasteiger partial charge in [-0.25, -0.2) is 0 Å². The number of piperidine rings is 1. The molecule has 3 rings (SSSR count). The van der Waals surface area contributed by atoms with Crippen LogP contribution in [0.2, 0.25) is 5.02 Å². The second-order valence-electron chi connectivity index (χ2n) is 5.90. The fourth-order valence-corrected chi connectivity index (χ4v) is 4.49. The molecule has 2 heterocycles. The summed E-state index contributed by atoms with van der Waals surface area (Å²) in [6.45, 7) is 1.09. The topological polar surface area (TPSA) is 56.4 Å². The first-order valence-corrected chi connectivity index (χ1v) is 9.11. The number of aromatic amines is 1. The van der Waals surface area contributed by atoms with E-state index in [1.807, 2.05) is 18.3 Å². The molecule has 0 amide bonds. The Balaban J connectivity index is 1.83. The molecule has 0 unspecified atom stereocenters. The average molecular weight is 342 g/mol. The summed E-state index contributed by atoms with van der Waals surface area (Å²) >= 11 is 6.21. The molecule has 0 spiro atoms. The predicted octanol–water partition coefficient (Wildman–Crippen LogP) is 2.81. The zero-order valence-corrected chi connectivity index (χ0v) is 14.3. The zero-order chi connectivity index (χ0) is 15.9. The van der Waals surface area contributed by atoms with Crippen LogP contribution in [-0.2, 0) is 10.2 Å². The van der Waals surface area contributed by atoms with E-state index in [9.17, 15) is 8.42 Å². The number of benzene rings is 1. The number of H-pyrrole nitrogens is 1. The van der Waals surface area contributed by atoms with Crippen LogP contribution in [0.5, 0.6) is 0 Å². The van der Waals surface area contributed by atoms with Gasteiger partial charge >= 0.3 is 0 Å². The molecule has 0 saturated carbocycles. The van der Waals surface area contributed by atoms with Crippen LogP contribution in [-0.4, -0.2) is 49.2 Å². The molecule has 5 nitrogen and oxygen atoms in total. The van der Waals surface area contributed by atoms with Crippen LogP contribution in [0.25, 0.3) is 10.9 Å². The second kappa shape index (κ2) is 5.85. The van der Waals surface area contributed by atoms with Gasteiger partial charge < -0.3 is 4.98 Å². The van der Waals surface area contributed by atoms with Crippen LogP contribution in [0.15, 0.2) is 24.4 Å². The molecule has 2 aromatic rings. The molecule has 0 aliphatic carbocycles. The molecular formula is C15H20ClN3O2S. The summed E-state index contributed by atoms with van der Waals surface area (Å²) in [6.07, 6.45) is 3.54. The Bertz CT molecular complexity index is 777. The summed E-state index contributed by atoms with van der Waals surface area (Å²) in [7, 11) is -0.169. The first-order chi connectivity index (χ1) is 10.4. The summed E-state index contributed by atoms with van der Waals surface area (Å²) in [4.78, 5) is 3.19. The van der Waals surface area contributed by atoms with Crippen molar-refractivity contribution in [1.82, 2.24) is 13.6 Å². The Morgan fingerprint density at radius 2 is 1.95 bits per heavy atom. The number of hydrogen-bond donors (Lipinski definition) is 1. The van der Waals surface area contributed by atoms with Crippen molar-refractivity contribution in [2.45, 2.75) is 18.8 Å². The van der Waals surface area contributed by atoms with Crippen molar-refractivity contribution < 1.29 is 8.42 Å². The molecule has 1 fully saturated rings. The molecule has 22 heavy (non-hydrogen) atoms. The van der Waals surface area contributed by atoms with Crippen molar-refractivity contribution in [1.29, 1.82) is 0 Å². The smallest absolute Gasteiger partial charge is 0.281 e. The summed E-state index contributed by atoms with van der Waals surface area (Å²) in [5, 5.41) is 1.90. The van der Waals surface area contributed by atoms with E-state index in [4.69, 9.17) is 11.6 Å². The van der Waals surface area contributed by atoms with Crippen LogP contribution in [0.3, 0.4) is 0 Å². The molecule has 7 heteroatoms. The Morgan fingerprint density at radius 3 is 2.59 bits per heavy atom. The van der Waals surface area contributed by atoms with E-state index in [0.29, 0.717) is 24.0 Å².